The van der Waals surface area contributed by atoms with Gasteiger partial charge in [0.15, 0.2) is 0 Å². The Morgan fingerprint density at radius 2 is 1.75 bits per heavy atom. The van der Waals surface area contributed by atoms with E-state index in [4.69, 9.17) is 16.3 Å². The Hall–Kier alpha value is -1.67. The van der Waals surface area contributed by atoms with Crippen LogP contribution in [0.25, 0.3) is 0 Å². The number of halogens is 1. The highest BCUT2D eigenvalue weighted by Crippen LogP contribution is 2.39. The molecule has 2 aromatic carbocycles. The van der Waals surface area contributed by atoms with Gasteiger partial charge in [0.25, 0.3) is 0 Å². The van der Waals surface area contributed by atoms with E-state index in [2.05, 4.69) is 23.5 Å². The summed E-state index contributed by atoms with van der Waals surface area (Å²) in [7, 11) is 1.71. The topological polar surface area (TPSA) is 21.3 Å². The van der Waals surface area contributed by atoms with Crippen molar-refractivity contribution in [3.63, 3.8) is 0 Å². The summed E-state index contributed by atoms with van der Waals surface area (Å²) in [5.74, 6) is 1.54. The van der Waals surface area contributed by atoms with Gasteiger partial charge in [-0.3, -0.25) is 0 Å². The second-order valence-electron chi connectivity index (χ2n) is 5.26. The monoisotopic (exact) mass is 287 g/mol. The number of benzene rings is 2. The largest absolute Gasteiger partial charge is 0.495 e. The van der Waals surface area contributed by atoms with Gasteiger partial charge in [0.2, 0.25) is 0 Å². The molecule has 0 radical (unpaired) electrons. The van der Waals surface area contributed by atoms with Gasteiger partial charge in [0, 0.05) is 11.1 Å². The van der Waals surface area contributed by atoms with Crippen molar-refractivity contribution in [3.8, 4) is 5.75 Å². The summed E-state index contributed by atoms with van der Waals surface area (Å²) >= 11 is 5.92. The molecule has 1 N–H and O–H groups in total. The van der Waals surface area contributed by atoms with Gasteiger partial charge < -0.3 is 10.1 Å². The molecule has 20 heavy (non-hydrogen) atoms. The fraction of sp³-hybridized carbons (Fsp3) is 0.294. The quantitative estimate of drug-likeness (QED) is 0.879. The zero-order chi connectivity index (χ0) is 13.9. The Bertz CT molecular complexity index is 576. The molecule has 1 saturated carbocycles. The summed E-state index contributed by atoms with van der Waals surface area (Å²) in [6, 6.07) is 16.8. The van der Waals surface area contributed by atoms with Crippen molar-refractivity contribution in [2.75, 3.05) is 12.4 Å². The fourth-order valence-corrected chi connectivity index (χ4v) is 2.85. The van der Waals surface area contributed by atoms with E-state index < -0.39 is 0 Å². The van der Waals surface area contributed by atoms with E-state index in [-0.39, 0.29) is 0 Å². The molecule has 0 spiro atoms. The van der Waals surface area contributed by atoms with Crippen molar-refractivity contribution in [2.45, 2.75) is 24.8 Å². The predicted molar refractivity (Wildman–Crippen MR) is 83.8 cm³/mol. The molecule has 104 valence electrons. The maximum atomic E-state index is 5.92. The first-order valence-electron chi connectivity index (χ1n) is 6.91. The van der Waals surface area contributed by atoms with Crippen molar-refractivity contribution >= 4 is 17.3 Å². The Balaban J connectivity index is 1.59. The van der Waals surface area contributed by atoms with Crippen LogP contribution in [0.4, 0.5) is 5.69 Å². The fourth-order valence-electron chi connectivity index (χ4n) is 2.73. The van der Waals surface area contributed by atoms with E-state index >= 15 is 0 Å². The molecule has 0 amide bonds. The minimum atomic E-state index is 0.520. The van der Waals surface area contributed by atoms with Crippen LogP contribution < -0.4 is 10.1 Å². The third kappa shape index (κ3) is 2.75. The van der Waals surface area contributed by atoms with Gasteiger partial charge in [0.1, 0.15) is 5.75 Å². The van der Waals surface area contributed by atoms with Gasteiger partial charge in [-0.05, 0) is 48.6 Å². The van der Waals surface area contributed by atoms with E-state index in [1.165, 1.54) is 5.56 Å². The van der Waals surface area contributed by atoms with E-state index in [9.17, 15) is 0 Å². The van der Waals surface area contributed by atoms with Gasteiger partial charge in [-0.1, -0.05) is 35.9 Å². The van der Waals surface area contributed by atoms with Gasteiger partial charge in [-0.2, -0.15) is 0 Å². The Labute approximate surface area is 124 Å². The van der Waals surface area contributed by atoms with Crippen LogP contribution in [-0.2, 0) is 0 Å². The first-order chi connectivity index (χ1) is 9.76. The van der Waals surface area contributed by atoms with Crippen LogP contribution in [0.5, 0.6) is 5.75 Å². The van der Waals surface area contributed by atoms with E-state index in [1.54, 1.807) is 7.11 Å². The minimum Gasteiger partial charge on any atom is -0.495 e. The molecular weight excluding hydrogens is 270 g/mol. The zero-order valence-corrected chi connectivity index (χ0v) is 12.2. The molecular formula is C17H18ClNO. The van der Waals surface area contributed by atoms with Crippen LogP contribution in [0.1, 0.15) is 24.3 Å². The smallest absolute Gasteiger partial charge is 0.141 e. The van der Waals surface area contributed by atoms with Crippen LogP contribution in [0.15, 0.2) is 48.5 Å². The number of methoxy groups -OCH3 is 1. The lowest BCUT2D eigenvalue weighted by atomic mass is 9.76. The maximum Gasteiger partial charge on any atom is 0.141 e. The first kappa shape index (κ1) is 13.3. The predicted octanol–water partition coefficient (Wildman–Crippen LogP) is 4.71. The molecule has 2 aromatic rings. The van der Waals surface area contributed by atoms with Gasteiger partial charge in [-0.25, -0.2) is 0 Å². The Morgan fingerprint density at radius 3 is 2.45 bits per heavy atom. The summed E-state index contributed by atoms with van der Waals surface area (Å²) in [4.78, 5) is 0. The molecule has 1 aliphatic carbocycles. The number of para-hydroxylation sites is 2. The van der Waals surface area contributed by atoms with Crippen LogP contribution >= 0.6 is 11.6 Å². The summed E-state index contributed by atoms with van der Waals surface area (Å²) in [5, 5.41) is 4.36. The average Bonchev–Trinajstić information content (AvgIpc) is 2.44. The second kappa shape index (κ2) is 5.76. The van der Waals surface area contributed by atoms with E-state index in [1.807, 2.05) is 30.3 Å². The molecule has 1 fully saturated rings. The third-order valence-corrected chi connectivity index (χ3v) is 4.20. The van der Waals surface area contributed by atoms with E-state index in [0.29, 0.717) is 12.0 Å². The van der Waals surface area contributed by atoms with E-state index in [0.717, 1.165) is 29.3 Å². The summed E-state index contributed by atoms with van der Waals surface area (Å²) in [6.07, 6.45) is 2.30. The normalized spacial score (nSPS) is 21.1. The summed E-state index contributed by atoms with van der Waals surface area (Å²) < 4.78 is 5.36. The summed E-state index contributed by atoms with van der Waals surface area (Å²) in [5.41, 5.74) is 2.46. The number of anilines is 1. The van der Waals surface area contributed by atoms with Gasteiger partial charge >= 0.3 is 0 Å². The first-order valence-corrected chi connectivity index (χ1v) is 7.29. The highest BCUT2D eigenvalue weighted by atomic mass is 35.5. The van der Waals surface area contributed by atoms with Crippen molar-refractivity contribution in [1.82, 2.24) is 0 Å². The number of ether oxygens (including phenoxy) is 1. The van der Waals surface area contributed by atoms with Crippen molar-refractivity contribution in [2.24, 2.45) is 0 Å². The number of nitrogens with one attached hydrogen (secondary N) is 1. The molecule has 3 heteroatoms. The third-order valence-electron chi connectivity index (χ3n) is 3.95. The summed E-state index contributed by atoms with van der Waals surface area (Å²) in [6.45, 7) is 0. The molecule has 3 rings (SSSR count). The van der Waals surface area contributed by atoms with Crippen LogP contribution in [0.3, 0.4) is 0 Å². The minimum absolute atomic E-state index is 0.520. The maximum absolute atomic E-state index is 5.92. The molecule has 0 aliphatic heterocycles. The van der Waals surface area contributed by atoms with Crippen LogP contribution in [0, 0.1) is 0 Å². The number of rotatable bonds is 4. The molecule has 0 heterocycles. The molecule has 0 saturated heterocycles. The van der Waals surface area contributed by atoms with Crippen LogP contribution in [-0.4, -0.2) is 13.2 Å². The standard InChI is InChI=1S/C17H18ClNO/c1-20-17-5-3-2-4-16(17)19-15-10-13(11-15)12-6-8-14(18)9-7-12/h2-9,13,15,19H,10-11H2,1H3. The number of hydrogen-bond donors (Lipinski definition) is 1. The highest BCUT2D eigenvalue weighted by Gasteiger charge is 2.30. The molecule has 0 bridgehead atoms. The highest BCUT2D eigenvalue weighted by molar-refractivity contribution is 6.30. The molecule has 2 nitrogen and oxygen atoms in total. The molecule has 1 aliphatic rings. The van der Waals surface area contributed by atoms with Crippen molar-refractivity contribution in [3.05, 3.63) is 59.1 Å². The SMILES string of the molecule is COc1ccccc1NC1CC(c2ccc(Cl)cc2)C1. The molecule has 0 unspecified atom stereocenters. The molecule has 0 atom stereocenters. The Kier molecular flexibility index (Phi) is 3.83. The van der Waals surface area contributed by atoms with Crippen molar-refractivity contribution in [1.29, 1.82) is 0 Å². The average molecular weight is 288 g/mol. The number of hydrogen-bond acceptors (Lipinski definition) is 2. The zero-order valence-electron chi connectivity index (χ0n) is 11.5. The Morgan fingerprint density at radius 1 is 1.05 bits per heavy atom. The lowest BCUT2D eigenvalue weighted by molar-refractivity contribution is 0.370. The van der Waals surface area contributed by atoms with Gasteiger partial charge in [0.05, 0.1) is 12.8 Å². The second-order valence-corrected chi connectivity index (χ2v) is 5.70. The lowest BCUT2D eigenvalue weighted by Gasteiger charge is -2.37. The van der Waals surface area contributed by atoms with Gasteiger partial charge in [-0.15, -0.1) is 0 Å². The molecule has 0 aromatic heterocycles. The lowest BCUT2D eigenvalue weighted by Crippen LogP contribution is -2.34. The van der Waals surface area contributed by atoms with Crippen LogP contribution in [0.2, 0.25) is 5.02 Å². The van der Waals surface area contributed by atoms with Crippen molar-refractivity contribution < 1.29 is 4.74 Å².